The molecular formula is C36H52N4O6. The number of nitrogens with zero attached hydrogens (tertiary/aromatic N) is 2. The molecule has 0 unspecified atom stereocenters. The number of carbonyl (C=O) groups is 3. The number of urea groups is 1. The van der Waals surface area contributed by atoms with Gasteiger partial charge in [0.15, 0.2) is 0 Å². The summed E-state index contributed by atoms with van der Waals surface area (Å²) in [6.45, 7) is 6.77. The van der Waals surface area contributed by atoms with Crippen molar-refractivity contribution in [3.8, 4) is 5.75 Å². The molecular weight excluding hydrogens is 584 g/mol. The van der Waals surface area contributed by atoms with Crippen LogP contribution in [-0.2, 0) is 4.74 Å². The van der Waals surface area contributed by atoms with Gasteiger partial charge in [0.1, 0.15) is 5.75 Å². The molecule has 1 heterocycles. The number of fused-ring (bicyclic) bond motifs is 1. The number of hydrogen-bond donors (Lipinski definition) is 3. The van der Waals surface area contributed by atoms with Crippen molar-refractivity contribution in [1.82, 2.24) is 15.1 Å². The van der Waals surface area contributed by atoms with Crippen molar-refractivity contribution in [2.45, 2.75) is 96.4 Å². The first-order chi connectivity index (χ1) is 22.2. The van der Waals surface area contributed by atoms with Crippen LogP contribution in [0.3, 0.4) is 0 Å². The van der Waals surface area contributed by atoms with Gasteiger partial charge in [0.05, 0.1) is 30.4 Å². The molecule has 10 heteroatoms. The Hall–Kier alpha value is -3.63. The topological polar surface area (TPSA) is 120 Å². The van der Waals surface area contributed by atoms with Gasteiger partial charge in [-0.15, -0.1) is 0 Å². The van der Waals surface area contributed by atoms with Crippen molar-refractivity contribution >= 4 is 23.5 Å². The van der Waals surface area contributed by atoms with Gasteiger partial charge in [0, 0.05) is 50.0 Å². The average Bonchev–Trinajstić information content (AvgIpc) is 3.06. The van der Waals surface area contributed by atoms with Crippen LogP contribution in [0.2, 0.25) is 0 Å². The highest BCUT2D eigenvalue weighted by Crippen LogP contribution is 2.29. The standard InChI is InChI=1S/C36H52N4O6/c1-25-22-40(26(2)24-41)35(43)31-21-30(37-34(42)28-14-7-5-8-15-28)18-19-32(31)46-27(3)13-11-12-20-45-33(25)23-39(4)36(44)38-29-16-9-6-10-17-29/h5,7-8,14-15,18-19,21,25-27,29,33,41H,6,9-13,16-17,20,22-24H2,1-4H3,(H,37,42)(H,38,44)/t25-,26+,27-,33-/m0/s1. The second-order valence-electron chi connectivity index (χ2n) is 13.0. The molecule has 0 spiro atoms. The number of benzene rings is 2. The Morgan fingerprint density at radius 3 is 2.46 bits per heavy atom. The normalized spacial score (nSPS) is 22.5. The lowest BCUT2D eigenvalue weighted by Gasteiger charge is -2.36. The Labute approximate surface area is 273 Å². The van der Waals surface area contributed by atoms with Crippen molar-refractivity contribution in [1.29, 1.82) is 0 Å². The Bertz CT molecular complexity index is 1280. The second kappa shape index (κ2) is 17.3. The van der Waals surface area contributed by atoms with E-state index in [0.29, 0.717) is 42.3 Å². The number of rotatable bonds is 7. The Morgan fingerprint density at radius 1 is 1.02 bits per heavy atom. The monoisotopic (exact) mass is 636 g/mol. The maximum Gasteiger partial charge on any atom is 0.317 e. The fourth-order valence-corrected chi connectivity index (χ4v) is 6.14. The SMILES string of the molecule is C[C@H](CO)N1C[C@H](C)[C@H](CN(C)C(=O)NC2CCCCC2)OCCCC[C@H](C)Oc2ccc(NC(=O)c3ccccc3)cc2C1=O. The summed E-state index contributed by atoms with van der Waals surface area (Å²) in [5.41, 5.74) is 1.28. The van der Waals surface area contributed by atoms with Gasteiger partial charge < -0.3 is 35.0 Å². The number of amides is 4. The quantitative estimate of drug-likeness (QED) is 0.358. The van der Waals surface area contributed by atoms with Crippen LogP contribution in [0.25, 0.3) is 0 Å². The number of nitrogens with one attached hydrogen (secondary N) is 2. The molecule has 0 radical (unpaired) electrons. The zero-order chi connectivity index (χ0) is 33.1. The van der Waals surface area contributed by atoms with E-state index in [1.165, 1.54) is 6.42 Å². The van der Waals surface area contributed by atoms with Gasteiger partial charge in [-0.3, -0.25) is 9.59 Å². The van der Waals surface area contributed by atoms with Crippen LogP contribution in [-0.4, -0.2) is 90.4 Å². The Kier molecular flexibility index (Phi) is 13.3. The number of carbonyl (C=O) groups excluding carboxylic acids is 3. The van der Waals surface area contributed by atoms with Crippen LogP contribution in [0.4, 0.5) is 10.5 Å². The lowest BCUT2D eigenvalue weighted by molar-refractivity contribution is -0.0123. The molecule has 3 N–H and O–H groups in total. The largest absolute Gasteiger partial charge is 0.490 e. The zero-order valence-corrected chi connectivity index (χ0v) is 27.9. The van der Waals surface area contributed by atoms with E-state index in [-0.39, 0.29) is 48.6 Å². The van der Waals surface area contributed by atoms with E-state index in [4.69, 9.17) is 9.47 Å². The van der Waals surface area contributed by atoms with Gasteiger partial charge in [-0.05, 0) is 76.3 Å². The Balaban J connectivity index is 1.58. The van der Waals surface area contributed by atoms with Gasteiger partial charge >= 0.3 is 6.03 Å². The van der Waals surface area contributed by atoms with Crippen LogP contribution >= 0.6 is 0 Å². The Morgan fingerprint density at radius 2 is 1.74 bits per heavy atom. The van der Waals surface area contributed by atoms with Crippen molar-refractivity contribution in [3.63, 3.8) is 0 Å². The van der Waals surface area contributed by atoms with Crippen LogP contribution in [0.15, 0.2) is 48.5 Å². The number of anilines is 1. The minimum Gasteiger partial charge on any atom is -0.490 e. The molecule has 0 aromatic heterocycles. The van der Waals surface area contributed by atoms with E-state index in [9.17, 15) is 19.5 Å². The van der Waals surface area contributed by atoms with E-state index in [1.54, 1.807) is 66.2 Å². The van der Waals surface area contributed by atoms with Crippen molar-refractivity contribution < 1.29 is 29.0 Å². The highest BCUT2D eigenvalue weighted by molar-refractivity contribution is 6.05. The van der Waals surface area contributed by atoms with Crippen molar-refractivity contribution in [2.24, 2.45) is 5.92 Å². The highest BCUT2D eigenvalue weighted by atomic mass is 16.5. The molecule has 0 saturated heterocycles. The fourth-order valence-electron chi connectivity index (χ4n) is 6.14. The highest BCUT2D eigenvalue weighted by Gasteiger charge is 2.31. The maximum atomic E-state index is 14.3. The van der Waals surface area contributed by atoms with Gasteiger partial charge in [-0.25, -0.2) is 4.79 Å². The molecule has 46 heavy (non-hydrogen) atoms. The summed E-state index contributed by atoms with van der Waals surface area (Å²) in [5, 5.41) is 16.3. The van der Waals surface area contributed by atoms with Crippen LogP contribution in [0, 0.1) is 5.92 Å². The van der Waals surface area contributed by atoms with E-state index >= 15 is 0 Å². The lowest BCUT2D eigenvalue weighted by Crippen LogP contribution is -2.50. The van der Waals surface area contributed by atoms with E-state index in [1.807, 2.05) is 19.9 Å². The molecule has 1 saturated carbocycles. The van der Waals surface area contributed by atoms with E-state index in [0.717, 1.165) is 44.9 Å². The molecule has 4 rings (SSSR count). The zero-order valence-electron chi connectivity index (χ0n) is 27.9. The molecule has 2 aliphatic rings. The van der Waals surface area contributed by atoms with Crippen LogP contribution in [0.5, 0.6) is 5.75 Å². The lowest BCUT2D eigenvalue weighted by atomic mass is 9.96. The first-order valence-corrected chi connectivity index (χ1v) is 16.9. The number of aliphatic hydroxyl groups excluding tert-OH is 1. The van der Waals surface area contributed by atoms with Crippen LogP contribution < -0.4 is 15.4 Å². The minimum absolute atomic E-state index is 0.108. The third kappa shape index (κ3) is 9.93. The summed E-state index contributed by atoms with van der Waals surface area (Å²) in [6, 6.07) is 13.6. The minimum atomic E-state index is -0.497. The molecule has 2 aromatic rings. The number of hydrogen-bond acceptors (Lipinski definition) is 6. The maximum absolute atomic E-state index is 14.3. The first kappa shape index (κ1) is 35.2. The number of ether oxygens (including phenoxy) is 2. The second-order valence-corrected chi connectivity index (χ2v) is 13.0. The smallest absolute Gasteiger partial charge is 0.317 e. The molecule has 4 atom stereocenters. The summed E-state index contributed by atoms with van der Waals surface area (Å²) in [7, 11) is 1.79. The molecule has 2 aromatic carbocycles. The van der Waals surface area contributed by atoms with Gasteiger partial charge in [0.2, 0.25) is 0 Å². The molecule has 1 aliphatic carbocycles. The molecule has 1 aliphatic heterocycles. The molecule has 252 valence electrons. The van der Waals surface area contributed by atoms with Gasteiger partial charge in [-0.1, -0.05) is 44.4 Å². The predicted octanol–water partition coefficient (Wildman–Crippen LogP) is 5.71. The van der Waals surface area contributed by atoms with Crippen molar-refractivity contribution in [3.05, 3.63) is 59.7 Å². The number of aliphatic hydroxyl groups is 1. The average molecular weight is 637 g/mol. The summed E-state index contributed by atoms with van der Waals surface area (Å²) >= 11 is 0. The fraction of sp³-hybridized carbons (Fsp3) is 0.583. The van der Waals surface area contributed by atoms with E-state index in [2.05, 4.69) is 10.6 Å². The summed E-state index contributed by atoms with van der Waals surface area (Å²) < 4.78 is 12.7. The third-order valence-electron chi connectivity index (χ3n) is 9.08. The molecule has 1 fully saturated rings. The predicted molar refractivity (Wildman–Crippen MR) is 179 cm³/mol. The number of likely N-dealkylation sites (N-methyl/N-ethyl adjacent to an activating group) is 1. The van der Waals surface area contributed by atoms with Crippen molar-refractivity contribution in [2.75, 3.05) is 38.7 Å². The summed E-state index contributed by atoms with van der Waals surface area (Å²) in [5.74, 6) is -0.323. The molecule has 10 nitrogen and oxygen atoms in total. The van der Waals surface area contributed by atoms with Crippen LogP contribution in [0.1, 0.15) is 92.9 Å². The third-order valence-corrected chi connectivity index (χ3v) is 9.08. The molecule has 0 bridgehead atoms. The molecule has 4 amide bonds. The van der Waals surface area contributed by atoms with E-state index < -0.39 is 6.04 Å². The first-order valence-electron chi connectivity index (χ1n) is 16.9. The van der Waals surface area contributed by atoms with Gasteiger partial charge in [-0.2, -0.15) is 0 Å². The van der Waals surface area contributed by atoms with Gasteiger partial charge in [0.25, 0.3) is 11.8 Å². The summed E-state index contributed by atoms with van der Waals surface area (Å²) in [6.07, 6.45) is 7.50. The summed E-state index contributed by atoms with van der Waals surface area (Å²) in [4.78, 5) is 43.7.